The molecule has 1 heterocycles. The van der Waals surface area contributed by atoms with Crippen LogP contribution in [0.2, 0.25) is 0 Å². The third kappa shape index (κ3) is 5.57. The molecule has 1 aliphatic rings. The van der Waals surface area contributed by atoms with E-state index in [-0.39, 0.29) is 18.4 Å². The van der Waals surface area contributed by atoms with Crippen molar-refractivity contribution in [3.8, 4) is 0 Å². The molecule has 0 radical (unpaired) electrons. The summed E-state index contributed by atoms with van der Waals surface area (Å²) in [6.45, 7) is 9.36. The minimum absolute atomic E-state index is 0.0856. The summed E-state index contributed by atoms with van der Waals surface area (Å²) in [5, 5.41) is 2.76. The van der Waals surface area contributed by atoms with Gasteiger partial charge >= 0.3 is 6.09 Å². The molecular weight excluding hydrogens is 346 g/mol. The maximum absolute atomic E-state index is 12.5. The van der Waals surface area contributed by atoms with Crippen LogP contribution in [0.5, 0.6) is 0 Å². The Morgan fingerprint density at radius 3 is 2.67 bits per heavy atom. The number of nitrogens with zero attached hydrogens (tertiary/aromatic N) is 2. The van der Waals surface area contributed by atoms with Gasteiger partial charge in [0.15, 0.2) is 0 Å². The molecule has 1 N–H and O–H groups in total. The topological polar surface area (TPSA) is 79.0 Å². The van der Waals surface area contributed by atoms with Crippen LogP contribution < -0.4 is 10.2 Å². The van der Waals surface area contributed by atoms with Gasteiger partial charge in [-0.15, -0.1) is 0 Å². The van der Waals surface area contributed by atoms with Gasteiger partial charge in [0.1, 0.15) is 5.60 Å². The first-order valence-corrected chi connectivity index (χ1v) is 8.91. The zero-order valence-electron chi connectivity index (χ0n) is 16.4. The van der Waals surface area contributed by atoms with Crippen molar-refractivity contribution in [1.29, 1.82) is 0 Å². The molecule has 0 saturated carbocycles. The van der Waals surface area contributed by atoms with Crippen molar-refractivity contribution >= 4 is 29.3 Å². The average Bonchev–Trinajstić information content (AvgIpc) is 2.58. The number of ether oxygens (including phenoxy) is 1. The molecule has 0 aromatic heterocycles. The summed E-state index contributed by atoms with van der Waals surface area (Å²) in [6, 6.07) is 5.47. The number of carbonyl (C=O) groups is 3. The molecule has 0 spiro atoms. The SMILES string of the molecule is C=CC(=O)N(C)CC(=O)Nc1ccc2c(c1)N(C(=O)OC(C)(C)C)CCC2. The Bertz CT molecular complexity index is 752. The Balaban J connectivity index is 2.15. The van der Waals surface area contributed by atoms with Crippen LogP contribution in [0.1, 0.15) is 32.8 Å². The highest BCUT2D eigenvalue weighted by molar-refractivity contribution is 5.97. The predicted octanol–water partition coefficient (Wildman–Crippen LogP) is 2.96. The summed E-state index contributed by atoms with van der Waals surface area (Å²) >= 11 is 0. The Morgan fingerprint density at radius 1 is 1.33 bits per heavy atom. The molecule has 0 aliphatic carbocycles. The highest BCUT2D eigenvalue weighted by atomic mass is 16.6. The first kappa shape index (κ1) is 20.5. The van der Waals surface area contributed by atoms with Crippen LogP contribution in [0.15, 0.2) is 30.9 Å². The molecule has 1 aromatic rings. The van der Waals surface area contributed by atoms with Gasteiger partial charge in [-0.3, -0.25) is 14.5 Å². The fourth-order valence-corrected chi connectivity index (χ4v) is 2.81. The summed E-state index contributed by atoms with van der Waals surface area (Å²) in [7, 11) is 1.53. The van der Waals surface area contributed by atoms with Gasteiger partial charge < -0.3 is 15.0 Å². The third-order valence-electron chi connectivity index (χ3n) is 4.03. The lowest BCUT2D eigenvalue weighted by Gasteiger charge is -2.32. The van der Waals surface area contributed by atoms with Gasteiger partial charge in [-0.05, 0) is 57.4 Å². The normalized spacial score (nSPS) is 13.4. The number of hydrogen-bond donors (Lipinski definition) is 1. The van der Waals surface area contributed by atoms with E-state index in [2.05, 4.69) is 11.9 Å². The number of benzene rings is 1. The van der Waals surface area contributed by atoms with E-state index >= 15 is 0 Å². The van der Waals surface area contributed by atoms with Crippen LogP contribution in [0.3, 0.4) is 0 Å². The second-order valence-electron chi connectivity index (χ2n) is 7.53. The molecule has 0 bridgehead atoms. The van der Waals surface area contributed by atoms with Crippen LogP contribution >= 0.6 is 0 Å². The molecular formula is C20H27N3O4. The van der Waals surface area contributed by atoms with E-state index in [0.29, 0.717) is 12.2 Å². The maximum atomic E-state index is 12.5. The van der Waals surface area contributed by atoms with Gasteiger partial charge in [0.2, 0.25) is 11.8 Å². The number of fused-ring (bicyclic) bond motifs is 1. The molecule has 1 aliphatic heterocycles. The smallest absolute Gasteiger partial charge is 0.414 e. The van der Waals surface area contributed by atoms with E-state index in [4.69, 9.17) is 4.74 Å². The fourth-order valence-electron chi connectivity index (χ4n) is 2.81. The minimum atomic E-state index is -0.581. The van der Waals surface area contributed by atoms with Crippen LogP contribution in [0.25, 0.3) is 0 Å². The molecule has 2 rings (SSSR count). The molecule has 27 heavy (non-hydrogen) atoms. The van der Waals surface area contributed by atoms with E-state index in [0.717, 1.165) is 30.2 Å². The molecule has 1 aromatic carbocycles. The van der Waals surface area contributed by atoms with Crippen molar-refractivity contribution in [1.82, 2.24) is 4.90 Å². The number of amides is 3. The molecule has 146 valence electrons. The number of carbonyl (C=O) groups excluding carboxylic acids is 3. The molecule has 7 nitrogen and oxygen atoms in total. The van der Waals surface area contributed by atoms with E-state index in [9.17, 15) is 14.4 Å². The molecule has 3 amide bonds. The quantitative estimate of drug-likeness (QED) is 0.823. The molecule has 0 fully saturated rings. The van der Waals surface area contributed by atoms with Crippen LogP contribution in [-0.2, 0) is 20.7 Å². The Labute approximate surface area is 160 Å². The molecule has 0 saturated heterocycles. The number of anilines is 2. The summed E-state index contributed by atoms with van der Waals surface area (Å²) in [5.41, 5.74) is 1.75. The minimum Gasteiger partial charge on any atom is -0.443 e. The average molecular weight is 373 g/mol. The molecule has 7 heteroatoms. The summed E-state index contributed by atoms with van der Waals surface area (Å²) < 4.78 is 5.49. The lowest BCUT2D eigenvalue weighted by atomic mass is 10.0. The number of hydrogen-bond acceptors (Lipinski definition) is 4. The van der Waals surface area contributed by atoms with Crippen LogP contribution in [0.4, 0.5) is 16.2 Å². The Kier molecular flexibility index (Phi) is 6.25. The van der Waals surface area contributed by atoms with Crippen molar-refractivity contribution in [2.75, 3.05) is 30.4 Å². The van der Waals surface area contributed by atoms with Crippen LogP contribution in [-0.4, -0.2) is 48.5 Å². The predicted molar refractivity (Wildman–Crippen MR) is 105 cm³/mol. The monoisotopic (exact) mass is 373 g/mol. The van der Waals surface area contributed by atoms with Crippen molar-refractivity contribution < 1.29 is 19.1 Å². The highest BCUT2D eigenvalue weighted by Gasteiger charge is 2.27. The zero-order valence-corrected chi connectivity index (χ0v) is 16.4. The number of nitrogens with one attached hydrogen (secondary N) is 1. The maximum Gasteiger partial charge on any atom is 0.414 e. The molecule has 0 atom stereocenters. The largest absolute Gasteiger partial charge is 0.443 e. The molecule has 0 unspecified atom stereocenters. The first-order chi connectivity index (χ1) is 12.6. The van der Waals surface area contributed by atoms with E-state index in [1.54, 1.807) is 17.0 Å². The van der Waals surface area contributed by atoms with Crippen molar-refractivity contribution in [2.24, 2.45) is 0 Å². The van der Waals surface area contributed by atoms with Gasteiger partial charge in [0, 0.05) is 19.3 Å². The van der Waals surface area contributed by atoms with Gasteiger partial charge in [-0.2, -0.15) is 0 Å². The number of rotatable bonds is 4. The Morgan fingerprint density at radius 2 is 2.04 bits per heavy atom. The lowest BCUT2D eigenvalue weighted by molar-refractivity contribution is -0.129. The zero-order chi connectivity index (χ0) is 20.2. The third-order valence-corrected chi connectivity index (χ3v) is 4.03. The van der Waals surface area contributed by atoms with Gasteiger partial charge in [-0.1, -0.05) is 12.6 Å². The summed E-state index contributed by atoms with van der Waals surface area (Å²) in [4.78, 5) is 39.1. The van der Waals surface area contributed by atoms with Crippen molar-refractivity contribution in [2.45, 2.75) is 39.2 Å². The van der Waals surface area contributed by atoms with E-state index in [1.165, 1.54) is 11.9 Å². The first-order valence-electron chi connectivity index (χ1n) is 8.91. The van der Waals surface area contributed by atoms with Gasteiger partial charge in [0.25, 0.3) is 0 Å². The standard InChI is InChI=1S/C20H27N3O4/c1-6-18(25)22(5)13-17(24)21-15-10-9-14-8-7-11-23(16(14)12-15)19(26)27-20(2,3)4/h6,9-10,12H,1,7-8,11,13H2,2-5H3,(H,21,24). The fraction of sp³-hybridized carbons (Fsp3) is 0.450. The second kappa shape index (κ2) is 8.24. The van der Waals surface area contributed by atoms with Gasteiger partial charge in [0.05, 0.1) is 12.2 Å². The number of likely N-dealkylation sites (N-methyl/N-ethyl adjacent to an activating group) is 1. The van der Waals surface area contributed by atoms with Crippen molar-refractivity contribution in [3.05, 3.63) is 36.4 Å². The number of aryl methyl sites for hydroxylation is 1. The lowest BCUT2D eigenvalue weighted by Crippen LogP contribution is -2.40. The highest BCUT2D eigenvalue weighted by Crippen LogP contribution is 2.31. The summed E-state index contributed by atoms with van der Waals surface area (Å²) in [5.74, 6) is -0.654. The van der Waals surface area contributed by atoms with E-state index in [1.807, 2.05) is 26.8 Å². The van der Waals surface area contributed by atoms with Gasteiger partial charge in [-0.25, -0.2) is 4.79 Å². The van der Waals surface area contributed by atoms with E-state index < -0.39 is 11.7 Å². The van der Waals surface area contributed by atoms with Crippen LogP contribution in [0, 0.1) is 0 Å². The summed E-state index contributed by atoms with van der Waals surface area (Å²) in [6.07, 6.45) is 2.47. The Hall–Kier alpha value is -2.83. The second-order valence-corrected chi connectivity index (χ2v) is 7.53. The van der Waals surface area contributed by atoms with Crippen molar-refractivity contribution in [3.63, 3.8) is 0 Å².